The van der Waals surface area contributed by atoms with Crippen LogP contribution in [-0.2, 0) is 12.8 Å². The van der Waals surface area contributed by atoms with Crippen molar-refractivity contribution >= 4 is 5.69 Å². The highest BCUT2D eigenvalue weighted by molar-refractivity contribution is 5.59. The van der Waals surface area contributed by atoms with Gasteiger partial charge in [0, 0.05) is 18.8 Å². The first-order valence-corrected chi connectivity index (χ1v) is 6.94. The highest BCUT2D eigenvalue weighted by Gasteiger charge is 2.19. The van der Waals surface area contributed by atoms with Gasteiger partial charge >= 0.3 is 0 Å². The summed E-state index contributed by atoms with van der Waals surface area (Å²) in [5.41, 5.74) is 4.58. The van der Waals surface area contributed by atoms with Crippen molar-refractivity contribution in [3.63, 3.8) is 0 Å². The fraction of sp³-hybridized carbons (Fsp3) is 0.600. The molecule has 3 rings (SSSR count). The van der Waals surface area contributed by atoms with Gasteiger partial charge in [0.1, 0.15) is 0 Å². The summed E-state index contributed by atoms with van der Waals surface area (Å²) in [6, 6.07) is 7.12. The third kappa shape index (κ3) is 2.19. The Balaban J connectivity index is 1.75. The lowest BCUT2D eigenvalue weighted by Gasteiger charge is -2.17. The van der Waals surface area contributed by atoms with E-state index >= 15 is 0 Å². The molecule has 0 aromatic heterocycles. The zero-order valence-corrected chi connectivity index (χ0v) is 10.7. The lowest BCUT2D eigenvalue weighted by Crippen LogP contribution is -2.19. The summed E-state index contributed by atoms with van der Waals surface area (Å²) in [5.74, 6) is 0.858. The summed E-state index contributed by atoms with van der Waals surface area (Å²) in [6.07, 6.45) is 3.84. The first-order valence-electron chi connectivity index (χ1n) is 6.94. The van der Waals surface area contributed by atoms with Gasteiger partial charge in [0.05, 0.1) is 0 Å². The Morgan fingerprint density at radius 1 is 1.41 bits per heavy atom. The minimum Gasteiger partial charge on any atom is -0.371 e. The van der Waals surface area contributed by atoms with Gasteiger partial charge in [-0.05, 0) is 62.4 Å². The van der Waals surface area contributed by atoms with Gasteiger partial charge in [0.2, 0.25) is 0 Å². The predicted octanol–water partition coefficient (Wildman–Crippen LogP) is 2.22. The van der Waals surface area contributed by atoms with E-state index in [1.54, 1.807) is 5.56 Å². The van der Waals surface area contributed by atoms with E-state index in [1.807, 2.05) is 0 Å². The van der Waals surface area contributed by atoms with Crippen LogP contribution >= 0.6 is 0 Å². The molecule has 0 radical (unpaired) electrons. The van der Waals surface area contributed by atoms with E-state index in [0.717, 1.165) is 12.5 Å². The highest BCUT2D eigenvalue weighted by atomic mass is 15.1. The maximum Gasteiger partial charge on any atom is 0.0399 e. The average Bonchev–Trinajstić information content (AvgIpc) is 2.97. The number of anilines is 1. The lowest BCUT2D eigenvalue weighted by molar-refractivity contribution is 0.580. The zero-order valence-electron chi connectivity index (χ0n) is 10.7. The van der Waals surface area contributed by atoms with Gasteiger partial charge in [-0.2, -0.15) is 0 Å². The van der Waals surface area contributed by atoms with E-state index in [-0.39, 0.29) is 0 Å². The van der Waals surface area contributed by atoms with Crippen molar-refractivity contribution in [3.05, 3.63) is 29.3 Å². The molecule has 1 atom stereocenters. The molecule has 92 valence electrons. The molecule has 0 amide bonds. The quantitative estimate of drug-likeness (QED) is 0.856. The van der Waals surface area contributed by atoms with Gasteiger partial charge in [-0.1, -0.05) is 12.1 Å². The van der Waals surface area contributed by atoms with Crippen LogP contribution in [0, 0.1) is 5.92 Å². The topological polar surface area (TPSA) is 15.3 Å². The molecule has 1 aromatic rings. The molecule has 17 heavy (non-hydrogen) atoms. The van der Waals surface area contributed by atoms with Crippen molar-refractivity contribution in [1.29, 1.82) is 0 Å². The molecule has 2 aliphatic heterocycles. The van der Waals surface area contributed by atoms with Crippen LogP contribution in [0.4, 0.5) is 5.69 Å². The molecule has 0 bridgehead atoms. The van der Waals surface area contributed by atoms with E-state index in [4.69, 9.17) is 0 Å². The number of benzene rings is 1. The SMILES string of the molecule is CCN1CCc2cc(CC3CCNC3)ccc21. The Bertz CT molecular complexity index is 394. The van der Waals surface area contributed by atoms with Crippen LogP contribution in [0.3, 0.4) is 0 Å². The van der Waals surface area contributed by atoms with Gasteiger partial charge < -0.3 is 10.2 Å². The first-order chi connectivity index (χ1) is 8.36. The Hall–Kier alpha value is -1.02. The van der Waals surface area contributed by atoms with Crippen LogP contribution in [0.5, 0.6) is 0 Å². The normalized spacial score (nSPS) is 23.1. The Kier molecular flexibility index (Phi) is 3.06. The fourth-order valence-electron chi connectivity index (χ4n) is 3.20. The van der Waals surface area contributed by atoms with E-state index in [1.165, 1.54) is 50.1 Å². The molecule has 2 heterocycles. The second-order valence-corrected chi connectivity index (χ2v) is 5.36. The van der Waals surface area contributed by atoms with Gasteiger partial charge in [-0.3, -0.25) is 0 Å². The standard InChI is InChI=1S/C15H22N2/c1-2-17-8-6-14-10-12(3-4-15(14)17)9-13-5-7-16-11-13/h3-4,10,13,16H,2,5-9,11H2,1H3. The predicted molar refractivity (Wildman–Crippen MR) is 72.7 cm³/mol. The molecule has 2 nitrogen and oxygen atoms in total. The molecule has 1 saturated heterocycles. The van der Waals surface area contributed by atoms with Gasteiger partial charge in [-0.15, -0.1) is 0 Å². The van der Waals surface area contributed by atoms with Gasteiger partial charge in [0.15, 0.2) is 0 Å². The second kappa shape index (κ2) is 4.69. The maximum absolute atomic E-state index is 3.45. The molecule has 0 saturated carbocycles. The number of likely N-dealkylation sites (N-methyl/N-ethyl adjacent to an activating group) is 1. The first kappa shape index (κ1) is 11.1. The Labute approximate surface area is 104 Å². The van der Waals surface area contributed by atoms with Crippen molar-refractivity contribution in [2.45, 2.75) is 26.2 Å². The summed E-state index contributed by atoms with van der Waals surface area (Å²) in [6.45, 7) is 7.00. The van der Waals surface area contributed by atoms with E-state index in [9.17, 15) is 0 Å². The number of fused-ring (bicyclic) bond motifs is 1. The molecule has 1 fully saturated rings. The molecule has 1 unspecified atom stereocenters. The highest BCUT2D eigenvalue weighted by Crippen LogP contribution is 2.29. The van der Waals surface area contributed by atoms with E-state index < -0.39 is 0 Å². The van der Waals surface area contributed by atoms with Gasteiger partial charge in [-0.25, -0.2) is 0 Å². The molecular formula is C15H22N2. The minimum absolute atomic E-state index is 0.858. The monoisotopic (exact) mass is 230 g/mol. The second-order valence-electron chi connectivity index (χ2n) is 5.36. The summed E-state index contributed by atoms with van der Waals surface area (Å²) >= 11 is 0. The molecule has 0 aliphatic carbocycles. The zero-order chi connectivity index (χ0) is 11.7. The van der Waals surface area contributed by atoms with E-state index in [2.05, 4.69) is 35.3 Å². The van der Waals surface area contributed by atoms with Crippen molar-refractivity contribution < 1.29 is 0 Å². The van der Waals surface area contributed by atoms with E-state index in [0.29, 0.717) is 0 Å². The number of rotatable bonds is 3. The fourth-order valence-corrected chi connectivity index (χ4v) is 3.20. The summed E-state index contributed by atoms with van der Waals surface area (Å²) in [4.78, 5) is 2.48. The van der Waals surface area contributed by atoms with Crippen LogP contribution in [0.25, 0.3) is 0 Å². The number of hydrogen-bond acceptors (Lipinski definition) is 2. The lowest BCUT2D eigenvalue weighted by atomic mass is 9.97. The third-order valence-corrected chi connectivity index (χ3v) is 4.20. The summed E-state index contributed by atoms with van der Waals surface area (Å²) in [7, 11) is 0. The molecule has 2 heteroatoms. The van der Waals surface area contributed by atoms with Crippen LogP contribution in [0.15, 0.2) is 18.2 Å². The number of hydrogen-bond donors (Lipinski definition) is 1. The van der Waals surface area contributed by atoms with Crippen molar-refractivity contribution in [3.8, 4) is 0 Å². The molecule has 1 aromatic carbocycles. The molecule has 1 N–H and O–H groups in total. The van der Waals surface area contributed by atoms with Crippen molar-refractivity contribution in [1.82, 2.24) is 5.32 Å². The Morgan fingerprint density at radius 2 is 2.35 bits per heavy atom. The number of nitrogens with zero attached hydrogens (tertiary/aromatic N) is 1. The third-order valence-electron chi connectivity index (χ3n) is 4.20. The Morgan fingerprint density at radius 3 is 3.12 bits per heavy atom. The van der Waals surface area contributed by atoms with Gasteiger partial charge in [0.25, 0.3) is 0 Å². The maximum atomic E-state index is 3.45. The molecule has 2 aliphatic rings. The van der Waals surface area contributed by atoms with Crippen LogP contribution < -0.4 is 10.2 Å². The summed E-state index contributed by atoms with van der Waals surface area (Å²) in [5, 5.41) is 3.45. The largest absolute Gasteiger partial charge is 0.371 e. The average molecular weight is 230 g/mol. The molecular weight excluding hydrogens is 208 g/mol. The number of nitrogens with one attached hydrogen (secondary N) is 1. The van der Waals surface area contributed by atoms with Crippen LogP contribution in [0.1, 0.15) is 24.5 Å². The molecule has 0 spiro atoms. The summed E-state index contributed by atoms with van der Waals surface area (Å²) < 4.78 is 0. The van der Waals surface area contributed by atoms with Crippen molar-refractivity contribution in [2.24, 2.45) is 5.92 Å². The van der Waals surface area contributed by atoms with Crippen LogP contribution in [-0.4, -0.2) is 26.2 Å². The van der Waals surface area contributed by atoms with Crippen LogP contribution in [0.2, 0.25) is 0 Å². The minimum atomic E-state index is 0.858. The smallest absolute Gasteiger partial charge is 0.0399 e. The van der Waals surface area contributed by atoms with Crippen molar-refractivity contribution in [2.75, 3.05) is 31.1 Å².